The quantitative estimate of drug-likeness (QED) is 0.0904. The maximum Gasteiger partial charge on any atom is 2.00 e. The first-order valence-electron chi connectivity index (χ1n) is 20.7. The van der Waals surface area contributed by atoms with E-state index in [9.17, 15) is 9.59 Å². The van der Waals surface area contributed by atoms with E-state index >= 15 is 0 Å². The molecule has 1 fully saturated rings. The number of hydrogen-bond acceptors (Lipinski definition) is 4. The summed E-state index contributed by atoms with van der Waals surface area (Å²) in [6, 6.07) is 14.2. The maximum atomic E-state index is 12.9. The molecule has 1 aliphatic heterocycles. The van der Waals surface area contributed by atoms with Crippen LogP contribution in [0.4, 0.5) is 11.4 Å². The van der Waals surface area contributed by atoms with Crippen molar-refractivity contribution >= 4 is 28.8 Å². The van der Waals surface area contributed by atoms with Gasteiger partial charge in [0.1, 0.15) is 0 Å². The Hall–Kier alpha value is -3.52. The predicted octanol–water partition coefficient (Wildman–Crippen LogP) is 12.2. The van der Waals surface area contributed by atoms with Gasteiger partial charge in [-0.05, 0) is 118 Å². The second-order valence-corrected chi connectivity index (χ2v) is 14.6. The number of carbonyl (C=O) groups excluding carboxylic acids is 2. The predicted molar refractivity (Wildman–Crippen MR) is 242 cm³/mol. The summed E-state index contributed by atoms with van der Waals surface area (Å²) in [7, 11) is 0. The molecule has 3 atom stereocenters. The van der Waals surface area contributed by atoms with Crippen molar-refractivity contribution in [2.24, 2.45) is 5.92 Å². The molecule has 3 aromatic rings. The smallest absolute Gasteiger partial charge is 0.369 e. The fraction of sp³-hybridized carbons (Fsp3) is 0.490. The van der Waals surface area contributed by atoms with Gasteiger partial charge >= 0.3 is 31.1 Å². The van der Waals surface area contributed by atoms with E-state index < -0.39 is 0 Å². The summed E-state index contributed by atoms with van der Waals surface area (Å²) in [6.45, 7) is 33.4. The molecule has 8 heteroatoms. The summed E-state index contributed by atoms with van der Waals surface area (Å²) in [5.41, 5.74) is 9.96. The normalized spacial score (nSPS) is 14.4. The Balaban J connectivity index is 0.00000195. The molecular formula is C49H73N5O2U. The molecule has 3 N–H and O–H groups in total. The minimum Gasteiger partial charge on any atom is -0.369 e. The number of benzene rings is 1. The average molecular weight is 1000 g/mol. The van der Waals surface area contributed by atoms with E-state index in [2.05, 4.69) is 112 Å². The van der Waals surface area contributed by atoms with Gasteiger partial charge in [-0.1, -0.05) is 84.1 Å². The summed E-state index contributed by atoms with van der Waals surface area (Å²) in [6.07, 6.45) is 12.3. The van der Waals surface area contributed by atoms with Gasteiger partial charge < -0.3 is 34.4 Å². The van der Waals surface area contributed by atoms with Crippen molar-refractivity contribution in [3.63, 3.8) is 0 Å². The second-order valence-electron chi connectivity index (χ2n) is 14.6. The standard InChI is InChI=1S/C36H45N5O2.C7H15.C3H7.C3H6.U/c1-7-11-34(42)39-29-12-10-19-41(23-29)31-17-18-37-30(20-31)21-35(43)38-28-15-13-27(14-16-28)33-22-32(26(6)24(4)8-2)36(40-33)25(5)9-3;1-4-6-7(3)5-2;2*1-3-2;/h13-18,20,22,25,29,40H,8-10,12,19,21,23H2,1-6H3,(H,38,43)(H,39,42);7H,1,4-6H2,2-3H3;1,3H2,2H3;3H,1H2,2H3;/q;2*-1;;+2. The van der Waals surface area contributed by atoms with Crippen LogP contribution < -0.4 is 15.5 Å². The second kappa shape index (κ2) is 30.5. The Labute approximate surface area is 371 Å². The summed E-state index contributed by atoms with van der Waals surface area (Å²) >= 11 is 0. The number of amides is 2. The minimum absolute atomic E-state index is 0. The number of hydrogen-bond donors (Lipinski definition) is 3. The molecule has 0 saturated carbocycles. The van der Waals surface area contributed by atoms with E-state index in [0.29, 0.717) is 18.2 Å². The van der Waals surface area contributed by atoms with E-state index in [4.69, 9.17) is 0 Å². The van der Waals surface area contributed by atoms with Gasteiger partial charge in [-0.15, -0.1) is 6.58 Å². The number of allylic oxidation sites excluding steroid dienone is 3. The van der Waals surface area contributed by atoms with Crippen molar-refractivity contribution in [3.05, 3.63) is 97.7 Å². The van der Waals surface area contributed by atoms with E-state index in [1.807, 2.05) is 50.2 Å². The van der Waals surface area contributed by atoms with Crippen LogP contribution in [0.15, 0.2) is 66.9 Å². The summed E-state index contributed by atoms with van der Waals surface area (Å²) in [5.74, 6) is 6.17. The van der Waals surface area contributed by atoms with Crippen LogP contribution >= 0.6 is 0 Å². The molecule has 57 heavy (non-hydrogen) atoms. The van der Waals surface area contributed by atoms with Gasteiger partial charge in [0.2, 0.25) is 5.91 Å². The largest absolute Gasteiger partial charge is 2.00 e. The van der Waals surface area contributed by atoms with Gasteiger partial charge in [-0.25, -0.2) is 0 Å². The van der Waals surface area contributed by atoms with Crippen molar-refractivity contribution in [1.29, 1.82) is 0 Å². The number of aromatic nitrogens is 2. The molecule has 1 aliphatic rings. The summed E-state index contributed by atoms with van der Waals surface area (Å²) in [4.78, 5) is 35.2. The summed E-state index contributed by atoms with van der Waals surface area (Å²) < 4.78 is 0. The maximum absolute atomic E-state index is 12.9. The molecule has 4 rings (SSSR count). The molecule has 0 aliphatic carbocycles. The van der Waals surface area contributed by atoms with Crippen LogP contribution in [0.5, 0.6) is 0 Å². The van der Waals surface area contributed by atoms with Crippen molar-refractivity contribution < 1.29 is 40.7 Å². The SMILES string of the molecule is C=CC.CC#CC(=O)NC1CCCN(c2ccnc(CC(=O)Nc3ccc(-c4cc(C(C)=C(C)CC)c(C(C)CC)[nH]4)cc3)c2)C1.[CH2-]CC.[CH2-]CCC(C)CC.[U+2]. The molecule has 0 bridgehead atoms. The number of aromatic amines is 1. The van der Waals surface area contributed by atoms with Crippen LogP contribution in [0.1, 0.15) is 143 Å². The van der Waals surface area contributed by atoms with E-state index in [1.165, 1.54) is 35.2 Å². The number of H-pyrrole nitrogens is 1. The molecule has 3 heterocycles. The van der Waals surface area contributed by atoms with Gasteiger partial charge in [0, 0.05) is 48.1 Å². The topological polar surface area (TPSA) is 90.1 Å². The fourth-order valence-corrected chi connectivity index (χ4v) is 6.10. The zero-order chi connectivity index (χ0) is 42.0. The van der Waals surface area contributed by atoms with Crippen molar-refractivity contribution in [3.8, 4) is 23.1 Å². The number of anilines is 2. The van der Waals surface area contributed by atoms with Gasteiger partial charge in [0.25, 0.3) is 5.91 Å². The Morgan fingerprint density at radius 2 is 1.72 bits per heavy atom. The number of pyridine rings is 1. The Morgan fingerprint density at radius 3 is 2.26 bits per heavy atom. The zero-order valence-corrected chi connectivity index (χ0v) is 41.2. The average Bonchev–Trinajstić information content (AvgIpc) is 3.64. The van der Waals surface area contributed by atoms with Crippen LogP contribution in [0, 0.1) is 62.7 Å². The molecule has 0 spiro atoms. The van der Waals surface area contributed by atoms with Crippen LogP contribution in [-0.4, -0.2) is 40.9 Å². The first-order valence-corrected chi connectivity index (χ1v) is 20.7. The third kappa shape index (κ3) is 19.7. The number of carbonyl (C=O) groups is 2. The van der Waals surface area contributed by atoms with Gasteiger partial charge in [0.15, 0.2) is 0 Å². The van der Waals surface area contributed by atoms with Crippen molar-refractivity contribution in [1.82, 2.24) is 15.3 Å². The Bertz CT molecular complexity index is 1700. The molecule has 0 radical (unpaired) electrons. The molecule has 1 saturated heterocycles. The zero-order valence-electron chi connectivity index (χ0n) is 37.0. The Kier molecular flexibility index (Phi) is 28.7. The van der Waals surface area contributed by atoms with Gasteiger partial charge in [0.05, 0.1) is 12.1 Å². The van der Waals surface area contributed by atoms with Crippen LogP contribution in [0.2, 0.25) is 0 Å². The van der Waals surface area contributed by atoms with Gasteiger partial charge in [-0.2, -0.15) is 12.8 Å². The molecule has 2 amide bonds. The number of piperidine rings is 1. The van der Waals surface area contributed by atoms with Crippen LogP contribution in [0.25, 0.3) is 16.8 Å². The van der Waals surface area contributed by atoms with Crippen molar-refractivity contribution in [2.45, 2.75) is 139 Å². The molecule has 7 nitrogen and oxygen atoms in total. The fourth-order valence-electron chi connectivity index (χ4n) is 6.10. The molecular weight excluding hydrogens is 929 g/mol. The summed E-state index contributed by atoms with van der Waals surface area (Å²) in [5, 5.41) is 6.02. The van der Waals surface area contributed by atoms with Crippen LogP contribution in [0.3, 0.4) is 0 Å². The van der Waals surface area contributed by atoms with E-state index in [1.54, 1.807) is 19.2 Å². The van der Waals surface area contributed by atoms with Crippen LogP contribution in [-0.2, 0) is 16.0 Å². The first kappa shape index (κ1) is 53.5. The number of nitrogens with one attached hydrogen (secondary N) is 3. The van der Waals surface area contributed by atoms with E-state index in [-0.39, 0.29) is 55.4 Å². The molecule has 1 aromatic carbocycles. The monoisotopic (exact) mass is 1000 g/mol. The minimum atomic E-state index is -0.239. The van der Waals surface area contributed by atoms with E-state index in [0.717, 1.165) is 73.6 Å². The third-order valence-electron chi connectivity index (χ3n) is 9.90. The first-order chi connectivity index (χ1) is 26.9. The molecule has 3 unspecified atom stereocenters. The number of nitrogens with zero attached hydrogens (tertiary/aromatic N) is 2. The Morgan fingerprint density at radius 1 is 1.07 bits per heavy atom. The number of rotatable bonds is 13. The van der Waals surface area contributed by atoms with Gasteiger partial charge in [-0.3, -0.25) is 14.6 Å². The molecule has 310 valence electrons. The third-order valence-corrected chi connectivity index (χ3v) is 9.90. The van der Waals surface area contributed by atoms with Crippen molar-refractivity contribution in [2.75, 3.05) is 23.3 Å². The molecule has 2 aromatic heterocycles.